The Kier molecular flexibility index (Phi) is 6.25. The van der Waals surface area contributed by atoms with Gasteiger partial charge in [0.2, 0.25) is 5.91 Å². The Morgan fingerprint density at radius 1 is 1.29 bits per heavy atom. The number of imide groups is 1. The first-order valence-electron chi connectivity index (χ1n) is 9.05. The van der Waals surface area contributed by atoms with Crippen LogP contribution in [0.4, 0.5) is 4.79 Å². The number of nitrogens with zero attached hydrogens (tertiary/aromatic N) is 2. The van der Waals surface area contributed by atoms with E-state index in [1.807, 2.05) is 0 Å². The number of H-pyrrole nitrogens is 1. The summed E-state index contributed by atoms with van der Waals surface area (Å²) in [5.74, 6) is 0.235. The minimum absolute atomic E-state index is 0.157. The van der Waals surface area contributed by atoms with Gasteiger partial charge in [-0.05, 0) is 24.1 Å². The van der Waals surface area contributed by atoms with Crippen LogP contribution in [0.15, 0.2) is 36.8 Å². The Morgan fingerprint density at radius 3 is 2.75 bits per heavy atom. The number of aromatic nitrogens is 2. The van der Waals surface area contributed by atoms with Crippen molar-refractivity contribution in [2.24, 2.45) is 0 Å². The van der Waals surface area contributed by atoms with Crippen LogP contribution in [0, 0.1) is 0 Å². The largest absolute Gasteiger partial charge is 0.497 e. The van der Waals surface area contributed by atoms with Crippen molar-refractivity contribution in [1.82, 2.24) is 25.5 Å². The molecule has 3 rings (SSSR count). The number of rotatable bonds is 9. The molecule has 1 aliphatic rings. The summed E-state index contributed by atoms with van der Waals surface area (Å²) in [5.41, 5.74) is 1.76. The van der Waals surface area contributed by atoms with Crippen LogP contribution < -0.4 is 15.4 Å². The van der Waals surface area contributed by atoms with Gasteiger partial charge in [0, 0.05) is 31.3 Å². The number of aromatic amines is 1. The number of carbonyl (C=O) groups excluding carboxylic acids is 3. The van der Waals surface area contributed by atoms with Crippen molar-refractivity contribution < 1.29 is 19.1 Å². The first kappa shape index (κ1) is 19.4. The fourth-order valence-corrected chi connectivity index (χ4v) is 2.96. The molecule has 0 radical (unpaired) electrons. The molecule has 2 aromatic rings. The molecular weight excluding hydrogens is 362 g/mol. The summed E-state index contributed by atoms with van der Waals surface area (Å²) in [6.07, 6.45) is 4.37. The number of urea groups is 1. The zero-order valence-corrected chi connectivity index (χ0v) is 15.6. The van der Waals surface area contributed by atoms with E-state index in [2.05, 4.69) is 20.6 Å². The van der Waals surface area contributed by atoms with Crippen LogP contribution in [-0.2, 0) is 22.6 Å². The van der Waals surface area contributed by atoms with Crippen molar-refractivity contribution in [3.8, 4) is 5.75 Å². The number of carbonyl (C=O) groups is 3. The molecule has 0 spiro atoms. The van der Waals surface area contributed by atoms with Crippen molar-refractivity contribution in [2.45, 2.75) is 31.8 Å². The number of imidazole rings is 1. The molecule has 3 N–H and O–H groups in total. The van der Waals surface area contributed by atoms with Gasteiger partial charge in [0.25, 0.3) is 5.91 Å². The fourth-order valence-electron chi connectivity index (χ4n) is 2.96. The molecule has 1 aromatic heterocycles. The van der Waals surface area contributed by atoms with E-state index in [1.165, 1.54) is 4.90 Å². The average Bonchev–Trinajstić information content (AvgIpc) is 3.31. The first-order chi connectivity index (χ1) is 13.6. The van der Waals surface area contributed by atoms with Gasteiger partial charge in [-0.15, -0.1) is 0 Å². The summed E-state index contributed by atoms with van der Waals surface area (Å²) in [4.78, 5) is 44.6. The maximum absolute atomic E-state index is 12.5. The third-order valence-electron chi connectivity index (χ3n) is 4.54. The van der Waals surface area contributed by atoms with Gasteiger partial charge < -0.3 is 20.4 Å². The summed E-state index contributed by atoms with van der Waals surface area (Å²) >= 11 is 0. The molecule has 0 unspecified atom stereocenters. The predicted octanol–water partition coefficient (Wildman–Crippen LogP) is 0.978. The monoisotopic (exact) mass is 385 g/mol. The van der Waals surface area contributed by atoms with Crippen LogP contribution in [0.25, 0.3) is 0 Å². The molecule has 1 atom stereocenters. The minimum atomic E-state index is -0.677. The topological polar surface area (TPSA) is 116 Å². The first-order valence-corrected chi connectivity index (χ1v) is 9.05. The van der Waals surface area contributed by atoms with Crippen molar-refractivity contribution in [1.29, 1.82) is 0 Å². The van der Waals surface area contributed by atoms with Gasteiger partial charge in [0.05, 0.1) is 20.0 Å². The molecule has 0 aliphatic carbocycles. The molecular formula is C19H23N5O4. The SMILES string of the molecule is COc1ccc(CN2C(=O)N[C@H](CCC(=O)NCCc3cnc[nH]3)C2=O)cc1. The van der Waals surface area contributed by atoms with Gasteiger partial charge in [0.1, 0.15) is 11.8 Å². The lowest BCUT2D eigenvalue weighted by molar-refractivity contribution is -0.128. The zero-order chi connectivity index (χ0) is 19.9. The normalized spacial score (nSPS) is 16.2. The van der Waals surface area contributed by atoms with E-state index in [1.54, 1.807) is 43.9 Å². The van der Waals surface area contributed by atoms with Crippen molar-refractivity contribution in [2.75, 3.05) is 13.7 Å². The van der Waals surface area contributed by atoms with E-state index in [9.17, 15) is 14.4 Å². The summed E-state index contributed by atoms with van der Waals surface area (Å²) in [7, 11) is 1.57. The van der Waals surface area contributed by atoms with Gasteiger partial charge in [-0.25, -0.2) is 9.78 Å². The van der Waals surface area contributed by atoms with Crippen LogP contribution in [0.5, 0.6) is 5.75 Å². The quantitative estimate of drug-likeness (QED) is 0.557. The summed E-state index contributed by atoms with van der Waals surface area (Å²) in [6.45, 7) is 0.664. The standard InChI is InChI=1S/C19H23N5O4/c1-28-15-4-2-13(3-5-15)11-24-18(26)16(23-19(24)27)6-7-17(25)21-9-8-14-10-20-12-22-14/h2-5,10,12,16H,6-9,11H2,1H3,(H,20,22)(H,21,25)(H,23,27)/t16-/m1/s1. The average molecular weight is 385 g/mol. The molecule has 9 heteroatoms. The van der Waals surface area contributed by atoms with Gasteiger partial charge in [-0.2, -0.15) is 0 Å². The molecule has 0 saturated carbocycles. The maximum Gasteiger partial charge on any atom is 0.325 e. The van der Waals surface area contributed by atoms with E-state index in [4.69, 9.17) is 4.74 Å². The molecule has 148 valence electrons. The molecule has 0 bridgehead atoms. The Bertz CT molecular complexity index is 819. The summed E-state index contributed by atoms with van der Waals surface area (Å²) < 4.78 is 5.10. The van der Waals surface area contributed by atoms with Crippen LogP contribution in [-0.4, -0.2) is 52.4 Å². The maximum atomic E-state index is 12.5. The molecule has 9 nitrogen and oxygen atoms in total. The Morgan fingerprint density at radius 2 is 2.07 bits per heavy atom. The van der Waals surface area contributed by atoms with E-state index in [0.717, 1.165) is 11.3 Å². The number of amides is 4. The lowest BCUT2D eigenvalue weighted by atomic mass is 10.1. The van der Waals surface area contributed by atoms with Crippen molar-refractivity contribution in [3.05, 3.63) is 48.0 Å². The van der Waals surface area contributed by atoms with E-state index in [0.29, 0.717) is 18.7 Å². The molecule has 1 saturated heterocycles. The fraction of sp³-hybridized carbons (Fsp3) is 0.368. The molecule has 28 heavy (non-hydrogen) atoms. The molecule has 1 fully saturated rings. The second-order valence-corrected chi connectivity index (χ2v) is 6.49. The summed E-state index contributed by atoms with van der Waals surface area (Å²) in [5, 5.41) is 5.45. The second kappa shape index (κ2) is 9.03. The number of benzene rings is 1. The Hall–Kier alpha value is -3.36. The minimum Gasteiger partial charge on any atom is -0.497 e. The van der Waals surface area contributed by atoms with Crippen molar-refractivity contribution >= 4 is 17.8 Å². The number of ether oxygens (including phenoxy) is 1. The third kappa shape index (κ3) is 4.87. The lowest BCUT2D eigenvalue weighted by Crippen LogP contribution is -2.33. The molecule has 1 aliphatic heterocycles. The Balaban J connectivity index is 1.44. The van der Waals surface area contributed by atoms with Gasteiger partial charge in [-0.3, -0.25) is 14.5 Å². The zero-order valence-electron chi connectivity index (χ0n) is 15.6. The highest BCUT2D eigenvalue weighted by Crippen LogP contribution is 2.17. The number of nitrogens with one attached hydrogen (secondary N) is 3. The molecule has 2 heterocycles. The van der Waals surface area contributed by atoms with Crippen molar-refractivity contribution in [3.63, 3.8) is 0 Å². The predicted molar refractivity (Wildman–Crippen MR) is 100 cm³/mol. The number of hydrogen-bond acceptors (Lipinski definition) is 5. The smallest absolute Gasteiger partial charge is 0.325 e. The summed E-state index contributed by atoms with van der Waals surface area (Å²) in [6, 6.07) is 6.05. The lowest BCUT2D eigenvalue weighted by Gasteiger charge is -2.13. The number of methoxy groups -OCH3 is 1. The van der Waals surface area contributed by atoms with Gasteiger partial charge >= 0.3 is 6.03 Å². The van der Waals surface area contributed by atoms with Crippen LogP contribution in [0.1, 0.15) is 24.1 Å². The highest BCUT2D eigenvalue weighted by Gasteiger charge is 2.37. The number of hydrogen-bond donors (Lipinski definition) is 3. The van der Waals surface area contributed by atoms with Crippen LogP contribution in [0.3, 0.4) is 0 Å². The van der Waals surface area contributed by atoms with Crippen LogP contribution in [0.2, 0.25) is 0 Å². The van der Waals surface area contributed by atoms with Crippen LogP contribution >= 0.6 is 0 Å². The highest BCUT2D eigenvalue weighted by molar-refractivity contribution is 6.04. The highest BCUT2D eigenvalue weighted by atomic mass is 16.5. The molecule has 4 amide bonds. The third-order valence-corrected chi connectivity index (χ3v) is 4.54. The second-order valence-electron chi connectivity index (χ2n) is 6.49. The van der Waals surface area contributed by atoms with E-state index in [-0.39, 0.29) is 31.2 Å². The van der Waals surface area contributed by atoms with Gasteiger partial charge in [-0.1, -0.05) is 12.1 Å². The van der Waals surface area contributed by atoms with E-state index >= 15 is 0 Å². The molecule has 1 aromatic carbocycles. The van der Waals surface area contributed by atoms with Gasteiger partial charge in [0.15, 0.2) is 0 Å². The Labute approximate surface area is 162 Å². The van der Waals surface area contributed by atoms with E-state index < -0.39 is 12.1 Å².